The predicted octanol–water partition coefficient (Wildman–Crippen LogP) is 6.34. The van der Waals surface area contributed by atoms with Gasteiger partial charge in [-0.15, -0.1) is 0 Å². The van der Waals surface area contributed by atoms with Crippen molar-refractivity contribution in [3.63, 3.8) is 0 Å². The average molecular weight is 633 g/mol. The number of rotatable bonds is 9. The number of nitrogens with zero attached hydrogens (tertiary/aromatic N) is 3. The molecule has 0 bridgehead atoms. The maximum atomic E-state index is 12.9. The molecule has 0 radical (unpaired) electrons. The number of aliphatic hydroxyl groups excluding tert-OH is 1. The Bertz CT molecular complexity index is 1810. The highest BCUT2D eigenvalue weighted by atomic mass is 32.2. The number of aliphatic hydroxyl groups is 1. The van der Waals surface area contributed by atoms with E-state index in [-0.39, 0.29) is 43.1 Å². The molecule has 5 aromatic rings. The van der Waals surface area contributed by atoms with Gasteiger partial charge < -0.3 is 14.6 Å². The lowest BCUT2D eigenvalue weighted by Crippen LogP contribution is -2.38. The molecule has 0 aliphatic carbocycles. The van der Waals surface area contributed by atoms with Crippen molar-refractivity contribution in [3.8, 4) is 11.1 Å². The van der Waals surface area contributed by atoms with Gasteiger partial charge in [-0.1, -0.05) is 97.5 Å². The average Bonchev–Trinajstić information content (AvgIpc) is 3.71. The number of fused-ring (bicyclic) bond motifs is 1. The molecule has 46 heavy (non-hydrogen) atoms. The van der Waals surface area contributed by atoms with Crippen LogP contribution in [-0.4, -0.2) is 48.9 Å². The van der Waals surface area contributed by atoms with Gasteiger partial charge >= 0.3 is 0 Å². The van der Waals surface area contributed by atoms with Gasteiger partial charge in [0.05, 0.1) is 36.5 Å². The number of imide groups is 1. The second-order valence-electron chi connectivity index (χ2n) is 11.5. The maximum Gasteiger partial charge on any atom is 0.261 e. The van der Waals surface area contributed by atoms with Gasteiger partial charge in [-0.25, -0.2) is 4.98 Å². The Labute approximate surface area is 270 Å². The summed E-state index contributed by atoms with van der Waals surface area (Å²) in [5.41, 5.74) is 6.50. The van der Waals surface area contributed by atoms with E-state index in [2.05, 4.69) is 22.1 Å². The second kappa shape index (κ2) is 13.0. The van der Waals surface area contributed by atoms with E-state index in [4.69, 9.17) is 9.47 Å². The molecular weight excluding hydrogens is 600 g/mol. The van der Waals surface area contributed by atoms with Crippen molar-refractivity contribution in [2.24, 2.45) is 5.92 Å². The van der Waals surface area contributed by atoms with Crippen LogP contribution in [0.2, 0.25) is 0 Å². The molecule has 4 aromatic carbocycles. The van der Waals surface area contributed by atoms with Gasteiger partial charge in [-0.3, -0.25) is 19.6 Å². The molecule has 0 unspecified atom stereocenters. The molecule has 0 saturated carbocycles. The van der Waals surface area contributed by atoms with E-state index in [1.54, 1.807) is 36.0 Å². The molecule has 10 heteroatoms. The lowest BCUT2D eigenvalue weighted by Gasteiger charge is -2.41. The van der Waals surface area contributed by atoms with Crippen LogP contribution in [0, 0.1) is 5.92 Å². The van der Waals surface area contributed by atoms with Gasteiger partial charge in [0, 0.05) is 17.2 Å². The number of aromatic amines is 1. The fourth-order valence-electron chi connectivity index (χ4n) is 5.98. The lowest BCUT2D eigenvalue weighted by molar-refractivity contribution is -0.268. The van der Waals surface area contributed by atoms with E-state index < -0.39 is 6.29 Å². The summed E-state index contributed by atoms with van der Waals surface area (Å²) in [7, 11) is 0. The third-order valence-corrected chi connectivity index (χ3v) is 9.53. The van der Waals surface area contributed by atoms with Gasteiger partial charge in [-0.05, 0) is 46.0 Å². The van der Waals surface area contributed by atoms with Gasteiger partial charge in [0.25, 0.3) is 11.8 Å². The first-order chi connectivity index (χ1) is 22.5. The van der Waals surface area contributed by atoms with E-state index >= 15 is 0 Å². The fourth-order valence-corrected chi connectivity index (χ4v) is 6.93. The summed E-state index contributed by atoms with van der Waals surface area (Å²) >= 11 is 1.56. The SMILES string of the molecule is C[C@@H]1[C@H](CSc2ncn[nH]2)O[C@H](c2ccc(-c3cccc(CN4C(=O)c5ccccc5C4=O)c3)cc2)O[C@@H]1c1ccc(CO)cc1. The Balaban J connectivity index is 1.09. The van der Waals surface area contributed by atoms with Crippen molar-refractivity contribution in [1.82, 2.24) is 20.1 Å². The summed E-state index contributed by atoms with van der Waals surface area (Å²) in [4.78, 5) is 31.3. The number of benzene rings is 4. The molecule has 2 aliphatic rings. The first kappa shape index (κ1) is 30.1. The largest absolute Gasteiger partial charge is 0.392 e. The maximum absolute atomic E-state index is 12.9. The molecule has 1 saturated heterocycles. The number of thioether (sulfide) groups is 1. The highest BCUT2D eigenvalue weighted by molar-refractivity contribution is 7.99. The van der Waals surface area contributed by atoms with Crippen molar-refractivity contribution in [3.05, 3.63) is 137 Å². The summed E-state index contributed by atoms with van der Waals surface area (Å²) in [5.74, 6) is 0.185. The molecule has 2 aliphatic heterocycles. The first-order valence-electron chi connectivity index (χ1n) is 15.1. The topological polar surface area (TPSA) is 118 Å². The minimum Gasteiger partial charge on any atom is -0.392 e. The van der Waals surface area contributed by atoms with Crippen LogP contribution in [0.25, 0.3) is 11.1 Å². The molecule has 9 nitrogen and oxygen atoms in total. The molecular formula is C36H32N4O5S. The first-order valence-corrected chi connectivity index (χ1v) is 16.1. The minimum absolute atomic E-state index is 0.0123. The molecule has 1 fully saturated rings. The van der Waals surface area contributed by atoms with Crippen molar-refractivity contribution in [2.45, 2.75) is 43.7 Å². The smallest absolute Gasteiger partial charge is 0.261 e. The van der Waals surface area contributed by atoms with Crippen LogP contribution in [0.1, 0.15) is 62.3 Å². The third kappa shape index (κ3) is 6.00. The number of amides is 2. The number of ether oxygens (including phenoxy) is 2. The van der Waals surface area contributed by atoms with Crippen LogP contribution < -0.4 is 0 Å². The number of hydrogen-bond donors (Lipinski definition) is 2. The third-order valence-electron chi connectivity index (χ3n) is 8.56. The van der Waals surface area contributed by atoms with Crippen molar-refractivity contribution >= 4 is 23.6 Å². The van der Waals surface area contributed by atoms with E-state index in [0.29, 0.717) is 16.9 Å². The number of carbonyl (C=O) groups excluding carboxylic acids is 2. The number of hydrogen-bond acceptors (Lipinski definition) is 8. The van der Waals surface area contributed by atoms with Gasteiger partial charge in [0.15, 0.2) is 11.4 Å². The monoisotopic (exact) mass is 632 g/mol. The zero-order chi connectivity index (χ0) is 31.6. The summed E-state index contributed by atoms with van der Waals surface area (Å²) < 4.78 is 13.1. The van der Waals surface area contributed by atoms with Crippen LogP contribution in [0.5, 0.6) is 0 Å². The normalized spacial score (nSPS) is 21.0. The Morgan fingerprint density at radius 1 is 0.826 bits per heavy atom. The molecule has 0 spiro atoms. The number of aromatic nitrogens is 3. The molecule has 7 rings (SSSR count). The van der Waals surface area contributed by atoms with Crippen molar-refractivity contribution in [1.29, 1.82) is 0 Å². The van der Waals surface area contributed by atoms with Crippen molar-refractivity contribution < 1.29 is 24.2 Å². The van der Waals surface area contributed by atoms with Crippen LogP contribution in [0.15, 0.2) is 109 Å². The lowest BCUT2D eigenvalue weighted by atomic mass is 9.91. The summed E-state index contributed by atoms with van der Waals surface area (Å²) in [5, 5.41) is 17.1. The number of carbonyl (C=O) groups is 2. The Morgan fingerprint density at radius 3 is 2.22 bits per heavy atom. The molecule has 3 heterocycles. The minimum atomic E-state index is -0.590. The van der Waals surface area contributed by atoms with E-state index in [1.165, 1.54) is 11.2 Å². The van der Waals surface area contributed by atoms with Crippen LogP contribution in [0.3, 0.4) is 0 Å². The van der Waals surface area contributed by atoms with Gasteiger partial charge in [0.1, 0.15) is 6.33 Å². The zero-order valence-electron chi connectivity index (χ0n) is 25.1. The summed E-state index contributed by atoms with van der Waals surface area (Å²) in [6.07, 6.45) is 0.556. The summed E-state index contributed by atoms with van der Waals surface area (Å²) in [6.45, 7) is 2.32. The van der Waals surface area contributed by atoms with Gasteiger partial charge in [-0.2, -0.15) is 5.10 Å². The second-order valence-corrected chi connectivity index (χ2v) is 12.5. The Hall–Kier alpha value is -4.61. The highest BCUT2D eigenvalue weighted by Crippen LogP contribution is 2.43. The highest BCUT2D eigenvalue weighted by Gasteiger charge is 2.39. The Kier molecular flexibility index (Phi) is 8.51. The number of nitrogens with one attached hydrogen (secondary N) is 1. The molecule has 2 amide bonds. The zero-order valence-corrected chi connectivity index (χ0v) is 25.9. The van der Waals surface area contributed by atoms with E-state index in [1.807, 2.05) is 72.8 Å². The predicted molar refractivity (Wildman–Crippen MR) is 173 cm³/mol. The van der Waals surface area contributed by atoms with Crippen molar-refractivity contribution in [2.75, 3.05) is 5.75 Å². The fraction of sp³-hybridized carbons (Fsp3) is 0.222. The molecule has 2 N–H and O–H groups in total. The van der Waals surface area contributed by atoms with E-state index in [9.17, 15) is 14.7 Å². The van der Waals surface area contributed by atoms with E-state index in [0.717, 1.165) is 38.5 Å². The molecule has 232 valence electrons. The van der Waals surface area contributed by atoms with Crippen LogP contribution >= 0.6 is 11.8 Å². The molecule has 4 atom stereocenters. The number of H-pyrrole nitrogens is 1. The van der Waals surface area contributed by atoms with Gasteiger partial charge in [0.2, 0.25) is 0 Å². The quantitative estimate of drug-likeness (QED) is 0.143. The summed E-state index contributed by atoms with van der Waals surface area (Å²) in [6, 6.07) is 30.8. The molecule has 1 aromatic heterocycles. The standard InChI is InChI=1S/C36H32N4O5S/c1-22-31(20-46-36-37-21-38-39-36)44-35(45-32(22)26-11-9-23(19-41)10-12-26)27-15-13-25(14-16-27)28-6-4-5-24(17-28)18-40-33(42)29-7-2-3-8-30(29)34(40)43/h2-17,21-22,31-32,35,41H,18-20H2,1H3,(H,37,38,39)/t22-,31+,32+,35+/m1/s1. The Morgan fingerprint density at radius 2 is 1.54 bits per heavy atom. The van der Waals surface area contributed by atoms with Crippen LogP contribution in [-0.2, 0) is 22.6 Å². The van der Waals surface area contributed by atoms with Crippen LogP contribution in [0.4, 0.5) is 0 Å².